The summed E-state index contributed by atoms with van der Waals surface area (Å²) in [5.74, 6) is 0.251. The van der Waals surface area contributed by atoms with Gasteiger partial charge in [-0.25, -0.2) is 9.97 Å². The van der Waals surface area contributed by atoms with Crippen LogP contribution in [0.15, 0.2) is 18.5 Å². The number of pyridine rings is 1. The summed E-state index contributed by atoms with van der Waals surface area (Å²) < 4.78 is 5.41. The summed E-state index contributed by atoms with van der Waals surface area (Å²) in [7, 11) is 3.75. The molecule has 0 atom stereocenters. The van der Waals surface area contributed by atoms with Gasteiger partial charge in [0.15, 0.2) is 5.82 Å². The SMILES string of the molecule is Cc1cc(C(N)=O)ncc1Nc1ncc(N(C)C)c(N(C=O)C2CCOCC2)n1. The zero-order valence-electron chi connectivity index (χ0n) is 16.8. The maximum absolute atomic E-state index is 11.9. The zero-order valence-corrected chi connectivity index (χ0v) is 16.8. The Labute approximate surface area is 169 Å². The number of nitrogens with zero attached hydrogens (tertiary/aromatic N) is 5. The Morgan fingerprint density at radius 2 is 2.00 bits per heavy atom. The smallest absolute Gasteiger partial charge is 0.267 e. The number of carbonyl (C=O) groups excluding carboxylic acids is 2. The maximum atomic E-state index is 11.9. The van der Waals surface area contributed by atoms with E-state index in [1.165, 1.54) is 6.20 Å². The van der Waals surface area contributed by atoms with Crippen LogP contribution in [0.3, 0.4) is 0 Å². The van der Waals surface area contributed by atoms with Crippen molar-refractivity contribution in [3.8, 4) is 0 Å². The second-order valence-electron chi connectivity index (χ2n) is 7.03. The van der Waals surface area contributed by atoms with Crippen LogP contribution in [0.25, 0.3) is 0 Å². The minimum absolute atomic E-state index is 0.0148. The van der Waals surface area contributed by atoms with Gasteiger partial charge in [-0.3, -0.25) is 14.5 Å². The third-order valence-corrected chi connectivity index (χ3v) is 4.78. The van der Waals surface area contributed by atoms with Crippen LogP contribution in [-0.2, 0) is 9.53 Å². The lowest BCUT2D eigenvalue weighted by Crippen LogP contribution is -2.40. The van der Waals surface area contributed by atoms with E-state index in [2.05, 4.69) is 20.3 Å². The number of nitrogens with two attached hydrogens (primary N) is 1. The van der Waals surface area contributed by atoms with Crippen LogP contribution < -0.4 is 20.9 Å². The van der Waals surface area contributed by atoms with Crippen LogP contribution in [0.2, 0.25) is 0 Å². The van der Waals surface area contributed by atoms with E-state index in [1.54, 1.807) is 17.2 Å². The van der Waals surface area contributed by atoms with Crippen molar-refractivity contribution < 1.29 is 14.3 Å². The molecule has 1 aliphatic rings. The summed E-state index contributed by atoms with van der Waals surface area (Å²) in [6.45, 7) is 3.05. The average Bonchev–Trinajstić information content (AvgIpc) is 2.71. The molecule has 2 aromatic heterocycles. The number of nitrogens with one attached hydrogen (secondary N) is 1. The number of aryl methyl sites for hydroxylation is 1. The molecular formula is C19H25N7O3. The molecule has 10 heteroatoms. The predicted octanol–water partition coefficient (Wildman–Crippen LogP) is 1.23. The average molecular weight is 399 g/mol. The van der Waals surface area contributed by atoms with Crippen molar-refractivity contribution in [2.75, 3.05) is 42.4 Å². The fraction of sp³-hybridized carbons (Fsp3) is 0.421. The molecule has 0 aromatic carbocycles. The summed E-state index contributed by atoms with van der Waals surface area (Å²) in [4.78, 5) is 39.8. The Morgan fingerprint density at radius 1 is 1.28 bits per heavy atom. The molecule has 0 aliphatic carbocycles. The molecule has 154 valence electrons. The summed E-state index contributed by atoms with van der Waals surface area (Å²) >= 11 is 0. The third-order valence-electron chi connectivity index (χ3n) is 4.78. The second-order valence-corrected chi connectivity index (χ2v) is 7.03. The molecule has 3 N–H and O–H groups in total. The molecule has 3 rings (SSSR count). The highest BCUT2D eigenvalue weighted by Gasteiger charge is 2.26. The molecule has 0 bridgehead atoms. The molecule has 1 aliphatic heterocycles. The highest BCUT2D eigenvalue weighted by atomic mass is 16.5. The molecule has 0 spiro atoms. The van der Waals surface area contributed by atoms with Gasteiger partial charge in [0.25, 0.3) is 5.91 Å². The van der Waals surface area contributed by atoms with Crippen LogP contribution in [0, 0.1) is 6.92 Å². The molecule has 0 saturated carbocycles. The number of hydrogen-bond acceptors (Lipinski definition) is 8. The van der Waals surface area contributed by atoms with Gasteiger partial charge in [-0.15, -0.1) is 0 Å². The lowest BCUT2D eigenvalue weighted by Gasteiger charge is -2.32. The normalized spacial score (nSPS) is 14.3. The number of ether oxygens (including phenoxy) is 1. The maximum Gasteiger partial charge on any atom is 0.267 e. The van der Waals surface area contributed by atoms with E-state index in [9.17, 15) is 9.59 Å². The Kier molecular flexibility index (Phi) is 6.23. The van der Waals surface area contributed by atoms with E-state index in [4.69, 9.17) is 10.5 Å². The van der Waals surface area contributed by atoms with Crippen molar-refractivity contribution in [2.24, 2.45) is 5.73 Å². The van der Waals surface area contributed by atoms with Gasteiger partial charge in [-0.05, 0) is 31.4 Å². The quantitative estimate of drug-likeness (QED) is 0.666. The Morgan fingerprint density at radius 3 is 2.59 bits per heavy atom. The fourth-order valence-corrected chi connectivity index (χ4v) is 3.15. The molecule has 29 heavy (non-hydrogen) atoms. The van der Waals surface area contributed by atoms with E-state index in [-0.39, 0.29) is 11.7 Å². The van der Waals surface area contributed by atoms with Gasteiger partial charge in [0.1, 0.15) is 5.69 Å². The minimum Gasteiger partial charge on any atom is -0.381 e. The Bertz CT molecular complexity index is 897. The van der Waals surface area contributed by atoms with Crippen molar-refractivity contribution in [3.05, 3.63) is 29.7 Å². The van der Waals surface area contributed by atoms with Crippen LogP contribution >= 0.6 is 0 Å². The molecule has 10 nitrogen and oxygen atoms in total. The van der Waals surface area contributed by atoms with Gasteiger partial charge >= 0.3 is 0 Å². The van der Waals surface area contributed by atoms with Crippen molar-refractivity contribution >= 4 is 35.5 Å². The third kappa shape index (κ3) is 4.60. The zero-order chi connectivity index (χ0) is 21.0. The molecule has 1 saturated heterocycles. The minimum atomic E-state index is -0.591. The first-order chi connectivity index (χ1) is 13.9. The van der Waals surface area contributed by atoms with Crippen molar-refractivity contribution in [1.29, 1.82) is 0 Å². The number of carbonyl (C=O) groups is 2. The number of primary amides is 1. The van der Waals surface area contributed by atoms with Crippen LogP contribution in [0.1, 0.15) is 28.9 Å². The fourth-order valence-electron chi connectivity index (χ4n) is 3.15. The highest BCUT2D eigenvalue weighted by molar-refractivity contribution is 5.91. The molecular weight excluding hydrogens is 374 g/mol. The summed E-state index contributed by atoms with van der Waals surface area (Å²) in [5.41, 5.74) is 7.60. The van der Waals surface area contributed by atoms with Gasteiger partial charge in [-0.2, -0.15) is 4.98 Å². The number of amides is 2. The van der Waals surface area contributed by atoms with Crippen molar-refractivity contribution in [3.63, 3.8) is 0 Å². The molecule has 0 radical (unpaired) electrons. The first-order valence-electron chi connectivity index (χ1n) is 9.30. The monoisotopic (exact) mass is 399 g/mol. The van der Waals surface area contributed by atoms with Gasteiger partial charge in [-0.1, -0.05) is 0 Å². The van der Waals surface area contributed by atoms with Gasteiger partial charge in [0.05, 0.1) is 23.8 Å². The molecule has 2 amide bonds. The van der Waals surface area contributed by atoms with E-state index in [1.807, 2.05) is 25.9 Å². The topological polar surface area (TPSA) is 127 Å². The Hall–Kier alpha value is -3.27. The van der Waals surface area contributed by atoms with E-state index >= 15 is 0 Å². The molecule has 1 fully saturated rings. The van der Waals surface area contributed by atoms with Gasteiger partial charge in [0, 0.05) is 33.4 Å². The Balaban J connectivity index is 1.94. The largest absolute Gasteiger partial charge is 0.381 e. The van der Waals surface area contributed by atoms with E-state index in [0.717, 1.165) is 30.5 Å². The van der Waals surface area contributed by atoms with Crippen LogP contribution in [0.4, 0.5) is 23.1 Å². The number of hydrogen-bond donors (Lipinski definition) is 2. The number of aromatic nitrogens is 3. The summed E-state index contributed by atoms with van der Waals surface area (Å²) in [5, 5.41) is 3.10. The summed E-state index contributed by atoms with van der Waals surface area (Å²) in [6.07, 6.45) is 5.48. The molecule has 0 unspecified atom stereocenters. The lowest BCUT2D eigenvalue weighted by atomic mass is 10.1. The van der Waals surface area contributed by atoms with Crippen molar-refractivity contribution in [1.82, 2.24) is 15.0 Å². The predicted molar refractivity (Wildman–Crippen MR) is 110 cm³/mol. The van der Waals surface area contributed by atoms with E-state index < -0.39 is 5.91 Å². The number of anilines is 4. The highest BCUT2D eigenvalue weighted by Crippen LogP contribution is 2.30. The van der Waals surface area contributed by atoms with Crippen LogP contribution in [-0.4, -0.2) is 60.6 Å². The van der Waals surface area contributed by atoms with Crippen molar-refractivity contribution in [2.45, 2.75) is 25.8 Å². The standard InChI is InChI=1S/C19H25N7O3/c1-12-8-14(17(20)28)21-9-15(12)23-19-22-10-16(25(2)3)18(24-19)26(11-27)13-4-6-29-7-5-13/h8-11,13H,4-7H2,1-3H3,(H2,20,28)(H,22,23,24). The lowest BCUT2D eigenvalue weighted by molar-refractivity contribution is -0.108. The van der Waals surface area contributed by atoms with E-state index in [0.29, 0.717) is 30.7 Å². The molecule has 3 heterocycles. The molecule has 2 aromatic rings. The van der Waals surface area contributed by atoms with Gasteiger partial charge in [0.2, 0.25) is 12.4 Å². The van der Waals surface area contributed by atoms with Crippen LogP contribution in [0.5, 0.6) is 0 Å². The van der Waals surface area contributed by atoms with Gasteiger partial charge < -0.3 is 20.7 Å². The summed E-state index contributed by atoms with van der Waals surface area (Å²) in [6, 6.07) is 1.61. The second kappa shape index (κ2) is 8.82. The number of rotatable bonds is 7. The first-order valence-corrected chi connectivity index (χ1v) is 9.30. The first kappa shape index (κ1) is 20.5.